The number of aromatic nitrogens is 2. The van der Waals surface area contributed by atoms with Crippen LogP contribution in [0.4, 0.5) is 0 Å². The third-order valence-electron chi connectivity index (χ3n) is 2.82. The molecule has 0 spiro atoms. The summed E-state index contributed by atoms with van der Waals surface area (Å²) in [6.07, 6.45) is 6.28. The molecule has 0 saturated carbocycles. The topological polar surface area (TPSA) is 47.0 Å². The van der Waals surface area contributed by atoms with E-state index in [9.17, 15) is 0 Å². The van der Waals surface area contributed by atoms with Crippen LogP contribution >= 0.6 is 0 Å². The van der Waals surface area contributed by atoms with E-state index in [1.807, 2.05) is 24.3 Å². The van der Waals surface area contributed by atoms with E-state index in [-0.39, 0.29) is 0 Å². The first kappa shape index (κ1) is 13.5. The highest BCUT2D eigenvalue weighted by atomic mass is 16.5. The SMILES string of the molecule is CCCNC(C)c1ccnc(Oc2cccnc2)c1. The first-order valence-corrected chi connectivity index (χ1v) is 6.57. The van der Waals surface area contributed by atoms with Crippen molar-refractivity contribution in [2.45, 2.75) is 26.3 Å². The first-order chi connectivity index (χ1) is 9.29. The van der Waals surface area contributed by atoms with E-state index in [1.165, 1.54) is 5.56 Å². The third-order valence-corrected chi connectivity index (χ3v) is 2.82. The lowest BCUT2D eigenvalue weighted by molar-refractivity contribution is 0.458. The Morgan fingerprint density at radius 1 is 1.32 bits per heavy atom. The van der Waals surface area contributed by atoms with Crippen LogP contribution in [0, 0.1) is 0 Å². The van der Waals surface area contributed by atoms with Gasteiger partial charge in [0.15, 0.2) is 0 Å². The zero-order valence-electron chi connectivity index (χ0n) is 11.3. The molecule has 0 aliphatic heterocycles. The van der Waals surface area contributed by atoms with Crippen molar-refractivity contribution in [2.75, 3.05) is 6.54 Å². The van der Waals surface area contributed by atoms with Crippen LogP contribution in [-0.4, -0.2) is 16.5 Å². The van der Waals surface area contributed by atoms with Crippen molar-refractivity contribution in [2.24, 2.45) is 0 Å². The monoisotopic (exact) mass is 257 g/mol. The minimum Gasteiger partial charge on any atom is -0.437 e. The predicted octanol–water partition coefficient (Wildman–Crippen LogP) is 3.33. The summed E-state index contributed by atoms with van der Waals surface area (Å²) >= 11 is 0. The Balaban J connectivity index is 2.06. The summed E-state index contributed by atoms with van der Waals surface area (Å²) < 4.78 is 5.67. The van der Waals surface area contributed by atoms with Gasteiger partial charge in [-0.05, 0) is 43.7 Å². The molecular weight excluding hydrogens is 238 g/mol. The Morgan fingerprint density at radius 2 is 2.21 bits per heavy atom. The molecule has 1 unspecified atom stereocenters. The average molecular weight is 257 g/mol. The van der Waals surface area contributed by atoms with Gasteiger partial charge in [0.05, 0.1) is 6.20 Å². The van der Waals surface area contributed by atoms with Gasteiger partial charge in [-0.1, -0.05) is 6.92 Å². The molecule has 2 rings (SSSR count). The molecule has 0 radical (unpaired) electrons. The van der Waals surface area contributed by atoms with E-state index in [0.717, 1.165) is 13.0 Å². The molecule has 0 fully saturated rings. The van der Waals surface area contributed by atoms with Crippen LogP contribution < -0.4 is 10.1 Å². The zero-order valence-corrected chi connectivity index (χ0v) is 11.3. The smallest absolute Gasteiger partial charge is 0.219 e. The molecule has 2 aromatic heterocycles. The fraction of sp³-hybridized carbons (Fsp3) is 0.333. The van der Waals surface area contributed by atoms with Crippen LogP contribution in [0.5, 0.6) is 11.6 Å². The second-order valence-electron chi connectivity index (χ2n) is 4.39. The molecule has 2 aromatic rings. The van der Waals surface area contributed by atoms with Gasteiger partial charge in [0.2, 0.25) is 5.88 Å². The number of hydrogen-bond acceptors (Lipinski definition) is 4. The van der Waals surface area contributed by atoms with Gasteiger partial charge in [0, 0.05) is 24.5 Å². The van der Waals surface area contributed by atoms with Gasteiger partial charge < -0.3 is 10.1 Å². The zero-order chi connectivity index (χ0) is 13.5. The van der Waals surface area contributed by atoms with Crippen molar-refractivity contribution in [3.05, 3.63) is 48.4 Å². The first-order valence-electron chi connectivity index (χ1n) is 6.57. The minimum atomic E-state index is 0.291. The second-order valence-corrected chi connectivity index (χ2v) is 4.39. The van der Waals surface area contributed by atoms with Crippen molar-refractivity contribution in [1.82, 2.24) is 15.3 Å². The Hall–Kier alpha value is -1.94. The van der Waals surface area contributed by atoms with Gasteiger partial charge in [-0.15, -0.1) is 0 Å². The summed E-state index contributed by atoms with van der Waals surface area (Å²) in [7, 11) is 0. The van der Waals surface area contributed by atoms with Gasteiger partial charge >= 0.3 is 0 Å². The maximum absolute atomic E-state index is 5.67. The molecule has 0 amide bonds. The van der Waals surface area contributed by atoms with E-state index in [0.29, 0.717) is 17.7 Å². The quantitative estimate of drug-likeness (QED) is 0.862. The Kier molecular flexibility index (Phi) is 4.86. The molecule has 19 heavy (non-hydrogen) atoms. The molecule has 0 aliphatic rings. The minimum absolute atomic E-state index is 0.291. The van der Waals surface area contributed by atoms with E-state index in [4.69, 9.17) is 4.74 Å². The van der Waals surface area contributed by atoms with Crippen molar-refractivity contribution in [3.8, 4) is 11.6 Å². The molecule has 100 valence electrons. The molecule has 1 atom stereocenters. The molecule has 4 nitrogen and oxygen atoms in total. The van der Waals surface area contributed by atoms with Gasteiger partial charge in [-0.25, -0.2) is 4.98 Å². The number of pyridine rings is 2. The summed E-state index contributed by atoms with van der Waals surface area (Å²) in [6.45, 7) is 5.30. The highest BCUT2D eigenvalue weighted by molar-refractivity contribution is 5.28. The summed E-state index contributed by atoms with van der Waals surface area (Å²) in [5.74, 6) is 1.29. The molecule has 0 saturated heterocycles. The molecule has 4 heteroatoms. The van der Waals surface area contributed by atoms with Gasteiger partial charge in [-0.2, -0.15) is 0 Å². The maximum Gasteiger partial charge on any atom is 0.219 e. The maximum atomic E-state index is 5.67. The summed E-state index contributed by atoms with van der Waals surface area (Å²) in [4.78, 5) is 8.23. The number of nitrogens with one attached hydrogen (secondary N) is 1. The van der Waals surface area contributed by atoms with E-state index in [1.54, 1.807) is 18.6 Å². The number of rotatable bonds is 6. The lowest BCUT2D eigenvalue weighted by Crippen LogP contribution is -2.19. The van der Waals surface area contributed by atoms with Gasteiger partial charge in [-0.3, -0.25) is 4.98 Å². The van der Waals surface area contributed by atoms with Crippen molar-refractivity contribution in [1.29, 1.82) is 0 Å². The van der Waals surface area contributed by atoms with Crippen molar-refractivity contribution < 1.29 is 4.74 Å². The normalized spacial score (nSPS) is 12.1. The average Bonchev–Trinajstić information content (AvgIpc) is 2.46. The lowest BCUT2D eigenvalue weighted by Gasteiger charge is -2.14. The van der Waals surface area contributed by atoms with E-state index < -0.39 is 0 Å². The van der Waals surface area contributed by atoms with Crippen LogP contribution in [0.15, 0.2) is 42.9 Å². The molecule has 0 aromatic carbocycles. The van der Waals surface area contributed by atoms with Crippen LogP contribution in [0.3, 0.4) is 0 Å². The van der Waals surface area contributed by atoms with E-state index >= 15 is 0 Å². The highest BCUT2D eigenvalue weighted by Crippen LogP contribution is 2.21. The third kappa shape index (κ3) is 4.03. The van der Waals surface area contributed by atoms with Gasteiger partial charge in [0.1, 0.15) is 5.75 Å². The largest absolute Gasteiger partial charge is 0.437 e. The van der Waals surface area contributed by atoms with Crippen molar-refractivity contribution in [3.63, 3.8) is 0 Å². The molecule has 2 heterocycles. The second kappa shape index (κ2) is 6.85. The lowest BCUT2D eigenvalue weighted by atomic mass is 10.1. The van der Waals surface area contributed by atoms with Crippen LogP contribution in [0.2, 0.25) is 0 Å². The fourth-order valence-electron chi connectivity index (χ4n) is 1.76. The highest BCUT2D eigenvalue weighted by Gasteiger charge is 2.06. The molecular formula is C15H19N3O. The summed E-state index contributed by atoms with van der Waals surface area (Å²) in [6, 6.07) is 7.95. The van der Waals surface area contributed by atoms with Crippen LogP contribution in [0.25, 0.3) is 0 Å². The summed E-state index contributed by atoms with van der Waals surface area (Å²) in [5.41, 5.74) is 1.17. The van der Waals surface area contributed by atoms with Crippen LogP contribution in [0.1, 0.15) is 31.9 Å². The van der Waals surface area contributed by atoms with Crippen LogP contribution in [-0.2, 0) is 0 Å². The molecule has 1 N–H and O–H groups in total. The van der Waals surface area contributed by atoms with E-state index in [2.05, 4.69) is 29.1 Å². The fourth-order valence-corrected chi connectivity index (χ4v) is 1.76. The number of hydrogen-bond donors (Lipinski definition) is 1. The predicted molar refractivity (Wildman–Crippen MR) is 75.3 cm³/mol. The Bertz CT molecular complexity index is 502. The standard InChI is InChI=1S/C15H19N3O/c1-3-7-17-12(2)13-6-9-18-15(10-13)19-14-5-4-8-16-11-14/h4-6,8-12,17H,3,7H2,1-2H3. The van der Waals surface area contributed by atoms with Gasteiger partial charge in [0.25, 0.3) is 0 Å². The Labute approximate surface area is 113 Å². The summed E-state index contributed by atoms with van der Waals surface area (Å²) in [5, 5.41) is 3.44. The molecule has 0 aliphatic carbocycles. The number of nitrogens with zero attached hydrogens (tertiary/aromatic N) is 2. The Morgan fingerprint density at radius 3 is 2.95 bits per heavy atom. The number of ether oxygens (including phenoxy) is 1. The van der Waals surface area contributed by atoms with Crippen molar-refractivity contribution >= 4 is 0 Å². The molecule has 0 bridgehead atoms.